The number of nitrogens with zero attached hydrogens (tertiary/aromatic N) is 2. The van der Waals surface area contributed by atoms with Gasteiger partial charge in [-0.2, -0.15) is 4.31 Å². The van der Waals surface area contributed by atoms with Crippen LogP contribution in [0.3, 0.4) is 0 Å². The number of benzene rings is 1. The summed E-state index contributed by atoms with van der Waals surface area (Å²) in [5, 5.41) is 7.25. The minimum atomic E-state index is -3.77. The van der Waals surface area contributed by atoms with Crippen molar-refractivity contribution in [1.82, 2.24) is 9.21 Å². The van der Waals surface area contributed by atoms with E-state index in [-0.39, 0.29) is 28.9 Å². The molecule has 2 aliphatic rings. The average molecular weight is 493 g/mol. The number of morpholine rings is 1. The van der Waals surface area contributed by atoms with Crippen molar-refractivity contribution in [1.29, 1.82) is 0 Å². The summed E-state index contributed by atoms with van der Waals surface area (Å²) in [5.74, 6) is -0.488. The first-order valence-corrected chi connectivity index (χ1v) is 13.4. The quantitative estimate of drug-likeness (QED) is 0.665. The Balaban J connectivity index is 1.39. The summed E-state index contributed by atoms with van der Waals surface area (Å²) in [7, 11) is -3.77. The number of nitrogens with one attached hydrogen (secondary N) is 2. The molecule has 0 atom stereocenters. The van der Waals surface area contributed by atoms with Gasteiger partial charge in [-0.25, -0.2) is 13.2 Å². The summed E-state index contributed by atoms with van der Waals surface area (Å²) in [4.78, 5) is 27.3. The Bertz CT molecular complexity index is 1070. The second kappa shape index (κ2) is 10.6. The van der Waals surface area contributed by atoms with Crippen molar-refractivity contribution < 1.29 is 22.7 Å². The van der Waals surface area contributed by atoms with Crippen LogP contribution >= 0.6 is 11.3 Å². The normalized spacial score (nSPS) is 17.9. The molecular weight excluding hydrogens is 464 g/mol. The van der Waals surface area contributed by atoms with E-state index in [1.54, 1.807) is 29.6 Å². The van der Waals surface area contributed by atoms with Crippen LogP contribution in [0.4, 0.5) is 16.2 Å². The zero-order valence-corrected chi connectivity index (χ0v) is 19.9. The maximum absolute atomic E-state index is 13.0. The van der Waals surface area contributed by atoms with Gasteiger partial charge in [0, 0.05) is 37.6 Å². The molecule has 0 unspecified atom stereocenters. The minimum Gasteiger partial charge on any atom is -0.379 e. The van der Waals surface area contributed by atoms with E-state index < -0.39 is 15.9 Å². The van der Waals surface area contributed by atoms with Crippen molar-refractivity contribution in [3.8, 4) is 0 Å². The van der Waals surface area contributed by atoms with Gasteiger partial charge in [-0.15, -0.1) is 11.3 Å². The molecule has 0 spiro atoms. The molecule has 178 valence electrons. The summed E-state index contributed by atoms with van der Waals surface area (Å²) in [6.45, 7) is 2.73. The maximum Gasteiger partial charge on any atom is 0.321 e. The molecule has 2 fully saturated rings. The molecule has 4 rings (SSSR count). The lowest BCUT2D eigenvalue weighted by Gasteiger charge is -2.26. The van der Waals surface area contributed by atoms with Crippen molar-refractivity contribution in [3.05, 3.63) is 40.6 Å². The van der Waals surface area contributed by atoms with E-state index in [1.807, 2.05) is 4.90 Å². The fourth-order valence-corrected chi connectivity index (χ4v) is 6.60. The molecule has 9 nitrogen and oxygen atoms in total. The molecule has 0 bridgehead atoms. The van der Waals surface area contributed by atoms with E-state index >= 15 is 0 Å². The van der Waals surface area contributed by atoms with E-state index in [9.17, 15) is 18.0 Å². The Morgan fingerprint density at radius 3 is 2.09 bits per heavy atom. The number of likely N-dealkylation sites (tertiary alicyclic amines) is 1. The van der Waals surface area contributed by atoms with E-state index in [2.05, 4.69) is 10.6 Å². The molecule has 0 radical (unpaired) electrons. The molecule has 2 aromatic rings. The van der Waals surface area contributed by atoms with Gasteiger partial charge >= 0.3 is 6.03 Å². The maximum atomic E-state index is 13.0. The van der Waals surface area contributed by atoms with Gasteiger partial charge < -0.3 is 20.3 Å². The Labute approximate surface area is 197 Å². The Morgan fingerprint density at radius 1 is 0.848 bits per heavy atom. The standard InChI is InChI=1S/C22H28N4O5S2/c27-21(20-19(9-16-32-20)33(29,30)26-12-14-31-15-13-26)23-17-5-7-18(8-6-17)24-22(28)25-10-3-1-2-4-11-25/h5-9,16H,1-4,10-15H2,(H,23,27)(H,24,28). The van der Waals surface area contributed by atoms with Crippen LogP contribution in [0.25, 0.3) is 0 Å². The fourth-order valence-electron chi connectivity index (χ4n) is 3.89. The smallest absolute Gasteiger partial charge is 0.321 e. The number of amides is 3. The number of anilines is 2. The SMILES string of the molecule is O=C(Nc1ccc(NC(=O)N2CCCCCC2)cc1)c1sccc1S(=O)(=O)N1CCOCC1. The van der Waals surface area contributed by atoms with Crippen molar-refractivity contribution >= 4 is 44.7 Å². The average Bonchev–Trinajstić information content (AvgIpc) is 3.18. The molecule has 1 aromatic carbocycles. The third-order valence-electron chi connectivity index (χ3n) is 5.71. The van der Waals surface area contributed by atoms with Gasteiger partial charge in [0.25, 0.3) is 5.91 Å². The number of hydrogen-bond acceptors (Lipinski definition) is 6. The highest BCUT2D eigenvalue weighted by Crippen LogP contribution is 2.27. The topological polar surface area (TPSA) is 108 Å². The predicted molar refractivity (Wildman–Crippen MR) is 127 cm³/mol. The van der Waals surface area contributed by atoms with Crippen LogP contribution in [0.5, 0.6) is 0 Å². The van der Waals surface area contributed by atoms with Gasteiger partial charge in [-0.05, 0) is 48.6 Å². The molecule has 33 heavy (non-hydrogen) atoms. The summed E-state index contributed by atoms with van der Waals surface area (Å²) in [6, 6.07) is 8.13. The largest absolute Gasteiger partial charge is 0.379 e. The second-order valence-corrected chi connectivity index (χ2v) is 10.8. The van der Waals surface area contributed by atoms with E-state index in [1.165, 1.54) is 10.4 Å². The summed E-state index contributed by atoms with van der Waals surface area (Å²) in [6.07, 6.45) is 4.34. The molecule has 11 heteroatoms. The molecular formula is C22H28N4O5S2. The molecule has 2 saturated heterocycles. The first kappa shape index (κ1) is 23.7. The lowest BCUT2D eigenvalue weighted by Crippen LogP contribution is -2.41. The Morgan fingerprint density at radius 2 is 1.45 bits per heavy atom. The lowest BCUT2D eigenvalue weighted by molar-refractivity contribution is 0.0730. The minimum absolute atomic E-state index is 0.00762. The molecule has 3 amide bonds. The molecule has 0 saturated carbocycles. The number of sulfonamides is 1. The van der Waals surface area contributed by atoms with Crippen LogP contribution in [0.1, 0.15) is 35.4 Å². The monoisotopic (exact) mass is 492 g/mol. The van der Waals surface area contributed by atoms with E-state index in [0.717, 1.165) is 50.1 Å². The van der Waals surface area contributed by atoms with Crippen LogP contribution in [0.15, 0.2) is 40.6 Å². The second-order valence-electron chi connectivity index (χ2n) is 7.99. The summed E-state index contributed by atoms with van der Waals surface area (Å²) in [5.41, 5.74) is 1.14. The predicted octanol–water partition coefficient (Wildman–Crippen LogP) is 3.43. The van der Waals surface area contributed by atoms with Crippen LogP contribution in [0, 0.1) is 0 Å². The lowest BCUT2D eigenvalue weighted by atomic mass is 10.2. The number of thiophene rings is 1. The number of hydrogen-bond donors (Lipinski definition) is 2. The number of urea groups is 1. The van der Waals surface area contributed by atoms with Gasteiger partial charge in [0.1, 0.15) is 9.77 Å². The number of ether oxygens (including phenoxy) is 1. The van der Waals surface area contributed by atoms with Crippen molar-refractivity contribution in [3.63, 3.8) is 0 Å². The van der Waals surface area contributed by atoms with Crippen LogP contribution in [-0.2, 0) is 14.8 Å². The number of carbonyl (C=O) groups excluding carboxylic acids is 2. The summed E-state index contributed by atoms with van der Waals surface area (Å²) >= 11 is 1.09. The molecule has 0 aliphatic carbocycles. The van der Waals surface area contributed by atoms with Crippen molar-refractivity contribution in [2.24, 2.45) is 0 Å². The van der Waals surface area contributed by atoms with Crippen LogP contribution < -0.4 is 10.6 Å². The van der Waals surface area contributed by atoms with Gasteiger partial charge in [0.05, 0.1) is 13.2 Å². The highest BCUT2D eigenvalue weighted by molar-refractivity contribution is 7.89. The van der Waals surface area contributed by atoms with Gasteiger partial charge in [0.15, 0.2) is 0 Å². The third-order valence-corrected chi connectivity index (χ3v) is 8.69. The van der Waals surface area contributed by atoms with Crippen molar-refractivity contribution in [2.75, 3.05) is 50.0 Å². The number of carbonyl (C=O) groups is 2. The fraction of sp³-hybridized carbons (Fsp3) is 0.455. The Kier molecular flexibility index (Phi) is 7.63. The van der Waals surface area contributed by atoms with Gasteiger partial charge in [0.2, 0.25) is 10.0 Å². The first-order chi connectivity index (χ1) is 15.9. The van der Waals surface area contributed by atoms with Gasteiger partial charge in [-0.1, -0.05) is 12.8 Å². The Hall–Kier alpha value is -2.47. The van der Waals surface area contributed by atoms with Crippen LogP contribution in [-0.4, -0.2) is 69.0 Å². The molecule has 2 N–H and O–H groups in total. The molecule has 1 aromatic heterocycles. The molecule has 2 aliphatic heterocycles. The first-order valence-electron chi connectivity index (χ1n) is 11.1. The number of rotatable bonds is 5. The van der Waals surface area contributed by atoms with Crippen LogP contribution in [0.2, 0.25) is 0 Å². The van der Waals surface area contributed by atoms with Gasteiger partial charge in [-0.3, -0.25) is 4.79 Å². The molecule has 3 heterocycles. The van der Waals surface area contributed by atoms with Crippen molar-refractivity contribution in [2.45, 2.75) is 30.6 Å². The zero-order chi connectivity index (χ0) is 23.3. The zero-order valence-electron chi connectivity index (χ0n) is 18.3. The highest BCUT2D eigenvalue weighted by atomic mass is 32.2. The third kappa shape index (κ3) is 5.72. The van der Waals surface area contributed by atoms with E-state index in [0.29, 0.717) is 24.6 Å². The highest BCUT2D eigenvalue weighted by Gasteiger charge is 2.31. The van der Waals surface area contributed by atoms with E-state index in [4.69, 9.17) is 4.74 Å². The summed E-state index contributed by atoms with van der Waals surface area (Å²) < 4.78 is 32.5.